The molecule has 2 aromatic rings. The number of β-amino-alcohol motifs (C(OH)–C–C–N with tert-alkyl or cyclic N) is 1. The largest absolute Gasteiger partial charge is 0.493 e. The fraction of sp³-hybridized carbons (Fsp3) is 0.389. The number of carbonyl (C=O) groups is 1. The van der Waals surface area contributed by atoms with Crippen LogP contribution in [0.1, 0.15) is 17.0 Å². The number of hydrogen-bond acceptors (Lipinski definition) is 6. The van der Waals surface area contributed by atoms with Crippen LogP contribution >= 0.6 is 0 Å². The van der Waals surface area contributed by atoms with E-state index in [9.17, 15) is 9.90 Å². The molecule has 0 bridgehead atoms. The van der Waals surface area contributed by atoms with Crippen LogP contribution in [0.3, 0.4) is 0 Å². The summed E-state index contributed by atoms with van der Waals surface area (Å²) in [5.74, 6) is 1.78. The fourth-order valence-corrected chi connectivity index (χ4v) is 2.85. The zero-order valence-electron chi connectivity index (χ0n) is 14.2. The lowest BCUT2D eigenvalue weighted by molar-refractivity contribution is -0.0207. The van der Waals surface area contributed by atoms with Gasteiger partial charge in [-0.15, -0.1) is 0 Å². The quantitative estimate of drug-likeness (QED) is 0.890. The van der Waals surface area contributed by atoms with E-state index >= 15 is 0 Å². The molecule has 1 saturated heterocycles. The Labute approximate surface area is 145 Å². The number of ether oxygens (including phenoxy) is 3. The van der Waals surface area contributed by atoms with Crippen LogP contribution in [-0.4, -0.2) is 55.4 Å². The Balaban J connectivity index is 1.63. The van der Waals surface area contributed by atoms with Gasteiger partial charge in [-0.1, -0.05) is 0 Å². The number of aliphatic hydroxyl groups excluding tert-OH is 1. The Kier molecular flexibility index (Phi) is 5.14. The molecule has 25 heavy (non-hydrogen) atoms. The number of carbonyl (C=O) groups excluding carboxylic acids is 1. The van der Waals surface area contributed by atoms with Crippen LogP contribution in [-0.2, 0) is 0 Å². The highest BCUT2D eigenvalue weighted by Gasteiger charge is 2.32. The monoisotopic (exact) mass is 347 g/mol. The lowest BCUT2D eigenvalue weighted by Crippen LogP contribution is -2.50. The van der Waals surface area contributed by atoms with Crippen LogP contribution in [0.25, 0.3) is 0 Å². The number of benzene rings is 1. The first-order chi connectivity index (χ1) is 12.1. The molecule has 1 aliphatic rings. The maximum atomic E-state index is 12.3. The van der Waals surface area contributed by atoms with Crippen LogP contribution in [0.5, 0.6) is 17.2 Å². The van der Waals surface area contributed by atoms with Crippen molar-refractivity contribution in [2.75, 3.05) is 27.3 Å². The highest BCUT2D eigenvalue weighted by Crippen LogP contribution is 2.32. The van der Waals surface area contributed by atoms with Gasteiger partial charge in [0.05, 0.1) is 27.0 Å². The highest BCUT2D eigenvalue weighted by molar-refractivity contribution is 5.91. The first kappa shape index (κ1) is 17.2. The van der Waals surface area contributed by atoms with Gasteiger partial charge in [-0.3, -0.25) is 4.79 Å². The lowest BCUT2D eigenvalue weighted by atomic mass is 10.0. The van der Waals surface area contributed by atoms with Crippen molar-refractivity contribution in [2.45, 2.75) is 18.6 Å². The van der Waals surface area contributed by atoms with E-state index in [1.807, 2.05) is 0 Å². The number of piperidine rings is 1. The zero-order valence-corrected chi connectivity index (χ0v) is 14.2. The Hall–Kier alpha value is -2.67. The van der Waals surface area contributed by atoms with E-state index in [1.54, 1.807) is 49.5 Å². The topological polar surface area (TPSA) is 81.4 Å². The smallest absolute Gasteiger partial charge is 0.289 e. The third-order valence-corrected chi connectivity index (χ3v) is 4.18. The number of amides is 1. The molecule has 1 aliphatic heterocycles. The van der Waals surface area contributed by atoms with Crippen LogP contribution in [0.2, 0.25) is 0 Å². The van der Waals surface area contributed by atoms with Gasteiger partial charge in [0.1, 0.15) is 18.0 Å². The maximum absolute atomic E-state index is 12.3. The SMILES string of the molecule is COc1ccc(O[C@@H]2CCN(C(=O)c3ccco3)C[C@H]2O)cc1OC. The number of rotatable bonds is 5. The maximum Gasteiger partial charge on any atom is 0.289 e. The fourth-order valence-electron chi connectivity index (χ4n) is 2.85. The van der Waals surface area contributed by atoms with E-state index in [0.717, 1.165) is 0 Å². The molecule has 1 fully saturated rings. The Bertz CT molecular complexity index is 714. The molecule has 0 aliphatic carbocycles. The predicted molar refractivity (Wildman–Crippen MR) is 89.2 cm³/mol. The summed E-state index contributed by atoms with van der Waals surface area (Å²) < 4.78 is 21.5. The number of nitrogens with zero attached hydrogens (tertiary/aromatic N) is 1. The first-order valence-corrected chi connectivity index (χ1v) is 8.02. The van der Waals surface area contributed by atoms with Gasteiger partial charge in [0, 0.05) is 19.0 Å². The molecule has 7 heteroatoms. The molecule has 1 aromatic carbocycles. The van der Waals surface area contributed by atoms with Crippen molar-refractivity contribution in [3.63, 3.8) is 0 Å². The van der Waals surface area contributed by atoms with E-state index in [2.05, 4.69) is 0 Å². The van der Waals surface area contributed by atoms with Gasteiger partial charge in [-0.25, -0.2) is 0 Å². The van der Waals surface area contributed by atoms with Crippen LogP contribution < -0.4 is 14.2 Å². The van der Waals surface area contributed by atoms with Crippen molar-refractivity contribution in [1.29, 1.82) is 0 Å². The summed E-state index contributed by atoms with van der Waals surface area (Å²) in [4.78, 5) is 13.8. The van der Waals surface area contributed by atoms with Gasteiger partial charge in [0.25, 0.3) is 5.91 Å². The van der Waals surface area contributed by atoms with Crippen LogP contribution in [0, 0.1) is 0 Å². The van der Waals surface area contributed by atoms with Crippen molar-refractivity contribution >= 4 is 5.91 Å². The molecule has 0 unspecified atom stereocenters. The lowest BCUT2D eigenvalue weighted by Gasteiger charge is -2.35. The molecule has 2 heterocycles. The average Bonchev–Trinajstić information content (AvgIpc) is 3.17. The summed E-state index contributed by atoms with van der Waals surface area (Å²) in [6, 6.07) is 8.49. The molecular weight excluding hydrogens is 326 g/mol. The third kappa shape index (κ3) is 3.71. The van der Waals surface area contributed by atoms with E-state index < -0.39 is 12.2 Å². The normalized spacial score (nSPS) is 20.2. The van der Waals surface area contributed by atoms with Gasteiger partial charge >= 0.3 is 0 Å². The minimum absolute atomic E-state index is 0.192. The summed E-state index contributed by atoms with van der Waals surface area (Å²) in [5, 5.41) is 10.4. The summed E-state index contributed by atoms with van der Waals surface area (Å²) in [6.45, 7) is 0.673. The molecule has 7 nitrogen and oxygen atoms in total. The molecule has 1 aromatic heterocycles. The van der Waals surface area contributed by atoms with Gasteiger partial charge in [0.2, 0.25) is 0 Å². The second-order valence-corrected chi connectivity index (χ2v) is 5.76. The molecule has 3 rings (SSSR count). The molecule has 134 valence electrons. The van der Waals surface area contributed by atoms with Crippen molar-refractivity contribution in [1.82, 2.24) is 4.90 Å². The Morgan fingerprint density at radius 2 is 2.04 bits per heavy atom. The molecule has 2 atom stereocenters. The van der Waals surface area contributed by atoms with Gasteiger partial charge in [-0.2, -0.15) is 0 Å². The summed E-state index contributed by atoms with van der Waals surface area (Å²) in [7, 11) is 3.11. The van der Waals surface area contributed by atoms with Crippen molar-refractivity contribution in [3.05, 3.63) is 42.4 Å². The molecule has 0 spiro atoms. The summed E-state index contributed by atoms with van der Waals surface area (Å²) >= 11 is 0. The second kappa shape index (κ2) is 7.48. The molecule has 1 N–H and O–H groups in total. The van der Waals surface area contributed by atoms with Crippen molar-refractivity contribution < 1.29 is 28.5 Å². The minimum atomic E-state index is -0.791. The van der Waals surface area contributed by atoms with Crippen LogP contribution in [0.15, 0.2) is 41.0 Å². The van der Waals surface area contributed by atoms with E-state index in [0.29, 0.717) is 30.2 Å². The number of aliphatic hydroxyl groups is 1. The van der Waals surface area contributed by atoms with Crippen molar-refractivity contribution in [3.8, 4) is 17.2 Å². The molecule has 0 radical (unpaired) electrons. The van der Waals surface area contributed by atoms with Gasteiger partial charge in [0.15, 0.2) is 17.3 Å². The summed E-state index contributed by atoms with van der Waals surface area (Å²) in [5.41, 5.74) is 0. The zero-order chi connectivity index (χ0) is 17.8. The number of hydrogen-bond donors (Lipinski definition) is 1. The van der Waals surface area contributed by atoms with E-state index in [-0.39, 0.29) is 18.2 Å². The van der Waals surface area contributed by atoms with Gasteiger partial charge < -0.3 is 28.6 Å². The Morgan fingerprint density at radius 3 is 2.68 bits per heavy atom. The van der Waals surface area contributed by atoms with Crippen LogP contribution in [0.4, 0.5) is 0 Å². The molecular formula is C18H21NO6. The number of furan rings is 1. The van der Waals surface area contributed by atoms with Crippen molar-refractivity contribution in [2.24, 2.45) is 0 Å². The second-order valence-electron chi connectivity index (χ2n) is 5.76. The number of methoxy groups -OCH3 is 2. The third-order valence-electron chi connectivity index (χ3n) is 4.18. The molecule has 1 amide bonds. The Morgan fingerprint density at radius 1 is 1.24 bits per heavy atom. The average molecular weight is 347 g/mol. The molecule has 0 saturated carbocycles. The standard InChI is InChI=1S/C18H21NO6/c1-22-15-6-5-12(10-17(15)23-2)25-14-7-8-19(11-13(14)20)18(21)16-4-3-9-24-16/h3-6,9-10,13-14,20H,7-8,11H2,1-2H3/t13-,14-/m1/s1. The van der Waals surface area contributed by atoms with E-state index in [4.69, 9.17) is 18.6 Å². The number of likely N-dealkylation sites (tertiary alicyclic amines) is 1. The van der Waals surface area contributed by atoms with Gasteiger partial charge in [-0.05, 0) is 24.3 Å². The van der Waals surface area contributed by atoms with E-state index in [1.165, 1.54) is 6.26 Å². The minimum Gasteiger partial charge on any atom is -0.493 e. The first-order valence-electron chi connectivity index (χ1n) is 8.02. The summed E-state index contributed by atoms with van der Waals surface area (Å²) in [6.07, 6.45) is 0.776. The predicted octanol–water partition coefficient (Wildman–Crippen LogP) is 1.95. The highest BCUT2D eigenvalue weighted by atomic mass is 16.5.